The Morgan fingerprint density at radius 2 is 2.12 bits per heavy atom. The summed E-state index contributed by atoms with van der Waals surface area (Å²) in [6.07, 6.45) is 2.53. The van der Waals surface area contributed by atoms with Gasteiger partial charge in [0.1, 0.15) is 5.82 Å². The first kappa shape index (κ1) is 11.6. The molecule has 0 unspecified atom stereocenters. The maximum Gasteiger partial charge on any atom is 0.128 e. The van der Waals surface area contributed by atoms with E-state index in [1.54, 1.807) is 12.1 Å². The number of hydrogen-bond acceptors (Lipinski definition) is 2. The minimum absolute atomic E-state index is 0.245. The molecule has 0 bridgehead atoms. The summed E-state index contributed by atoms with van der Waals surface area (Å²) < 4.78 is 13.6. The van der Waals surface area contributed by atoms with E-state index in [1.165, 1.54) is 6.07 Å². The predicted molar refractivity (Wildman–Crippen MR) is 61.4 cm³/mol. The van der Waals surface area contributed by atoms with Crippen LogP contribution in [-0.2, 0) is 0 Å². The number of halogens is 1. The standard InChI is InChI=1S/C13H18FNO/c1-8-5-6-11(14)10(7-8)12(15)13(16)9-3-2-4-9/h5-7,9,12-13,16H,2-4,15H2,1H3/t12-,13+/m0/s1. The molecule has 1 aromatic carbocycles. The molecular weight excluding hydrogens is 205 g/mol. The summed E-state index contributed by atoms with van der Waals surface area (Å²) in [6, 6.07) is 4.24. The van der Waals surface area contributed by atoms with E-state index in [0.29, 0.717) is 5.56 Å². The second-order valence-corrected chi connectivity index (χ2v) is 4.73. The van der Waals surface area contributed by atoms with Gasteiger partial charge in [-0.1, -0.05) is 24.1 Å². The number of aryl methyl sites for hydroxylation is 1. The maximum atomic E-state index is 13.6. The van der Waals surface area contributed by atoms with Crippen molar-refractivity contribution >= 4 is 0 Å². The molecule has 16 heavy (non-hydrogen) atoms. The van der Waals surface area contributed by atoms with E-state index in [1.807, 2.05) is 6.92 Å². The molecule has 3 heteroatoms. The summed E-state index contributed by atoms with van der Waals surface area (Å²) in [6.45, 7) is 1.89. The molecule has 0 amide bonds. The molecule has 3 N–H and O–H groups in total. The topological polar surface area (TPSA) is 46.2 Å². The van der Waals surface area contributed by atoms with Gasteiger partial charge in [-0.2, -0.15) is 0 Å². The van der Waals surface area contributed by atoms with Gasteiger partial charge in [0.2, 0.25) is 0 Å². The highest BCUT2D eigenvalue weighted by molar-refractivity contribution is 5.27. The molecule has 1 aliphatic rings. The third-order valence-electron chi connectivity index (χ3n) is 3.51. The molecule has 2 atom stereocenters. The Hall–Kier alpha value is -0.930. The van der Waals surface area contributed by atoms with E-state index in [9.17, 15) is 9.50 Å². The molecule has 2 rings (SSSR count). The molecule has 1 fully saturated rings. The zero-order valence-electron chi connectivity index (χ0n) is 9.49. The lowest BCUT2D eigenvalue weighted by Crippen LogP contribution is -2.36. The zero-order valence-corrected chi connectivity index (χ0v) is 9.49. The summed E-state index contributed by atoms with van der Waals surface area (Å²) >= 11 is 0. The quantitative estimate of drug-likeness (QED) is 0.826. The number of rotatable bonds is 3. The lowest BCUT2D eigenvalue weighted by atomic mass is 9.77. The largest absolute Gasteiger partial charge is 0.391 e. The Morgan fingerprint density at radius 1 is 1.44 bits per heavy atom. The average Bonchev–Trinajstić information content (AvgIpc) is 2.18. The van der Waals surface area contributed by atoms with Crippen molar-refractivity contribution < 1.29 is 9.50 Å². The van der Waals surface area contributed by atoms with Crippen LogP contribution in [0, 0.1) is 18.7 Å². The van der Waals surface area contributed by atoms with E-state index in [-0.39, 0.29) is 11.7 Å². The molecule has 0 aliphatic heterocycles. The van der Waals surface area contributed by atoms with E-state index < -0.39 is 12.1 Å². The number of aliphatic hydroxyl groups excluding tert-OH is 1. The van der Waals surface area contributed by atoms with Crippen LogP contribution in [-0.4, -0.2) is 11.2 Å². The van der Waals surface area contributed by atoms with Gasteiger partial charge >= 0.3 is 0 Å². The van der Waals surface area contributed by atoms with Crippen LogP contribution in [0.4, 0.5) is 4.39 Å². The van der Waals surface area contributed by atoms with Gasteiger partial charge < -0.3 is 10.8 Å². The first-order chi connectivity index (χ1) is 7.59. The Labute approximate surface area is 95.3 Å². The molecule has 0 heterocycles. The van der Waals surface area contributed by atoms with Gasteiger partial charge in [-0.3, -0.25) is 0 Å². The molecule has 88 valence electrons. The first-order valence-electron chi connectivity index (χ1n) is 5.79. The van der Waals surface area contributed by atoms with Gasteiger partial charge in [-0.15, -0.1) is 0 Å². The summed E-state index contributed by atoms with van der Waals surface area (Å²) in [4.78, 5) is 0. The number of hydrogen-bond donors (Lipinski definition) is 2. The third kappa shape index (κ3) is 2.11. The lowest BCUT2D eigenvalue weighted by Gasteiger charge is -2.34. The van der Waals surface area contributed by atoms with Crippen LogP contribution in [0.15, 0.2) is 18.2 Å². The molecular formula is C13H18FNO. The lowest BCUT2D eigenvalue weighted by molar-refractivity contribution is 0.0404. The first-order valence-corrected chi connectivity index (χ1v) is 5.79. The Balaban J connectivity index is 2.18. The van der Waals surface area contributed by atoms with E-state index in [4.69, 9.17) is 5.73 Å². The second-order valence-electron chi connectivity index (χ2n) is 4.73. The van der Waals surface area contributed by atoms with Crippen molar-refractivity contribution in [3.8, 4) is 0 Å². The van der Waals surface area contributed by atoms with Crippen LogP contribution in [0.25, 0.3) is 0 Å². The number of nitrogens with two attached hydrogens (primary N) is 1. The van der Waals surface area contributed by atoms with E-state index in [2.05, 4.69) is 0 Å². The molecule has 0 aromatic heterocycles. The molecule has 1 saturated carbocycles. The highest BCUT2D eigenvalue weighted by Gasteiger charge is 2.31. The summed E-state index contributed by atoms with van der Waals surface area (Å²) in [5, 5.41) is 10.0. The number of aliphatic hydroxyl groups is 1. The van der Waals surface area contributed by atoms with Gasteiger partial charge in [0.05, 0.1) is 12.1 Å². The fourth-order valence-electron chi connectivity index (χ4n) is 2.18. The smallest absolute Gasteiger partial charge is 0.128 e. The second kappa shape index (κ2) is 4.52. The number of benzene rings is 1. The highest BCUT2D eigenvalue weighted by Crippen LogP contribution is 2.34. The van der Waals surface area contributed by atoms with Crippen LogP contribution < -0.4 is 5.73 Å². The van der Waals surface area contributed by atoms with Crippen molar-refractivity contribution in [1.29, 1.82) is 0 Å². The fourth-order valence-corrected chi connectivity index (χ4v) is 2.18. The molecule has 1 aliphatic carbocycles. The third-order valence-corrected chi connectivity index (χ3v) is 3.51. The van der Waals surface area contributed by atoms with Gasteiger partial charge in [0.15, 0.2) is 0 Å². The van der Waals surface area contributed by atoms with Crippen LogP contribution in [0.5, 0.6) is 0 Å². The monoisotopic (exact) mass is 223 g/mol. The Kier molecular flexibility index (Phi) is 3.26. The highest BCUT2D eigenvalue weighted by atomic mass is 19.1. The molecule has 1 aromatic rings. The molecule has 0 saturated heterocycles. The van der Waals surface area contributed by atoms with E-state index >= 15 is 0 Å². The molecule has 2 nitrogen and oxygen atoms in total. The minimum Gasteiger partial charge on any atom is -0.391 e. The van der Waals surface area contributed by atoms with Crippen molar-refractivity contribution in [3.63, 3.8) is 0 Å². The normalized spacial score (nSPS) is 20.2. The van der Waals surface area contributed by atoms with Gasteiger partial charge in [0, 0.05) is 5.56 Å². The van der Waals surface area contributed by atoms with E-state index in [0.717, 1.165) is 24.8 Å². The van der Waals surface area contributed by atoms with Gasteiger partial charge in [0.25, 0.3) is 0 Å². The fraction of sp³-hybridized carbons (Fsp3) is 0.538. The van der Waals surface area contributed by atoms with Crippen molar-refractivity contribution in [3.05, 3.63) is 35.1 Å². The summed E-state index contributed by atoms with van der Waals surface area (Å²) in [5.74, 6) is -0.0774. The maximum absolute atomic E-state index is 13.6. The average molecular weight is 223 g/mol. The van der Waals surface area contributed by atoms with Crippen molar-refractivity contribution in [2.45, 2.75) is 38.3 Å². The summed E-state index contributed by atoms with van der Waals surface area (Å²) in [5.41, 5.74) is 7.32. The van der Waals surface area contributed by atoms with Crippen LogP contribution in [0.3, 0.4) is 0 Å². The SMILES string of the molecule is Cc1ccc(F)c([C@H](N)[C@H](O)C2CCC2)c1. The van der Waals surface area contributed by atoms with Crippen molar-refractivity contribution in [2.75, 3.05) is 0 Å². The molecule has 0 radical (unpaired) electrons. The van der Waals surface area contributed by atoms with Crippen molar-refractivity contribution in [1.82, 2.24) is 0 Å². The van der Waals surface area contributed by atoms with Gasteiger partial charge in [-0.25, -0.2) is 4.39 Å². The predicted octanol–water partition coefficient (Wildman–Crippen LogP) is 2.29. The Bertz CT molecular complexity index is 376. The Morgan fingerprint density at radius 3 is 2.69 bits per heavy atom. The van der Waals surface area contributed by atoms with Gasteiger partial charge in [-0.05, 0) is 31.7 Å². The minimum atomic E-state index is -0.620. The van der Waals surface area contributed by atoms with Crippen molar-refractivity contribution in [2.24, 2.45) is 11.7 Å². The summed E-state index contributed by atoms with van der Waals surface area (Å²) in [7, 11) is 0. The zero-order chi connectivity index (χ0) is 11.7. The molecule has 0 spiro atoms. The van der Waals surface area contributed by atoms with Crippen LogP contribution >= 0.6 is 0 Å². The van der Waals surface area contributed by atoms with Crippen LogP contribution in [0.1, 0.15) is 36.4 Å². The van der Waals surface area contributed by atoms with Crippen LogP contribution in [0.2, 0.25) is 0 Å².